The van der Waals surface area contributed by atoms with Crippen molar-refractivity contribution >= 4 is 0 Å². The van der Waals surface area contributed by atoms with E-state index in [4.69, 9.17) is 6.42 Å². The Kier molecular flexibility index (Phi) is 2.51. The van der Waals surface area contributed by atoms with Crippen LogP contribution in [0, 0.1) is 19.3 Å². The van der Waals surface area contributed by atoms with E-state index in [0.717, 1.165) is 5.56 Å². The lowest BCUT2D eigenvalue weighted by Gasteiger charge is -2.04. The van der Waals surface area contributed by atoms with Crippen molar-refractivity contribution in [3.63, 3.8) is 0 Å². The minimum atomic E-state index is 0.673. The molecular weight excluding hydrogens is 182 g/mol. The summed E-state index contributed by atoms with van der Waals surface area (Å²) in [6.07, 6.45) is 7.07. The highest BCUT2D eigenvalue weighted by atomic mass is 14.7. The van der Waals surface area contributed by atoms with Gasteiger partial charge in [-0.3, -0.25) is 0 Å². The van der Waals surface area contributed by atoms with Gasteiger partial charge in [-0.25, -0.2) is 4.98 Å². The van der Waals surface area contributed by atoms with Gasteiger partial charge >= 0.3 is 0 Å². The molecule has 1 heterocycles. The van der Waals surface area contributed by atoms with Crippen LogP contribution in [0.3, 0.4) is 0 Å². The van der Waals surface area contributed by atoms with Crippen LogP contribution in [-0.4, -0.2) is 4.98 Å². The van der Waals surface area contributed by atoms with Gasteiger partial charge in [0.15, 0.2) is 0 Å². The third-order valence-electron chi connectivity index (χ3n) is 2.37. The van der Waals surface area contributed by atoms with Crippen LogP contribution < -0.4 is 0 Å². The third-order valence-corrected chi connectivity index (χ3v) is 2.37. The number of benzene rings is 1. The van der Waals surface area contributed by atoms with Crippen LogP contribution in [0.25, 0.3) is 11.1 Å². The molecule has 0 unspecified atom stereocenters. The normalized spacial score (nSPS) is 9.60. The maximum atomic E-state index is 5.26. The molecule has 15 heavy (non-hydrogen) atoms. The first-order chi connectivity index (χ1) is 7.31. The second-order valence-electron chi connectivity index (χ2n) is 3.39. The quantitative estimate of drug-likeness (QED) is 0.634. The molecule has 1 heteroatoms. The Morgan fingerprint density at radius 1 is 1.13 bits per heavy atom. The van der Waals surface area contributed by atoms with Gasteiger partial charge in [-0.15, -0.1) is 6.42 Å². The maximum Gasteiger partial charge on any atom is 0.112 e. The van der Waals surface area contributed by atoms with Gasteiger partial charge in [0.25, 0.3) is 0 Å². The van der Waals surface area contributed by atoms with Crippen LogP contribution in [0.2, 0.25) is 0 Å². The van der Waals surface area contributed by atoms with Gasteiger partial charge in [0.05, 0.1) is 0 Å². The second-order valence-corrected chi connectivity index (χ2v) is 3.39. The van der Waals surface area contributed by atoms with Crippen molar-refractivity contribution in [2.75, 3.05) is 0 Å². The Morgan fingerprint density at radius 2 is 1.93 bits per heavy atom. The molecule has 2 aromatic rings. The molecular formula is C14H11N. The van der Waals surface area contributed by atoms with Crippen molar-refractivity contribution in [2.45, 2.75) is 6.92 Å². The number of hydrogen-bond acceptors (Lipinski definition) is 1. The number of pyridine rings is 1. The highest BCUT2D eigenvalue weighted by molar-refractivity contribution is 5.66. The Hall–Kier alpha value is -2.07. The molecule has 0 radical (unpaired) electrons. The predicted molar refractivity (Wildman–Crippen MR) is 62.3 cm³/mol. The zero-order valence-electron chi connectivity index (χ0n) is 8.57. The lowest BCUT2D eigenvalue weighted by molar-refractivity contribution is 1.28. The van der Waals surface area contributed by atoms with E-state index in [0.29, 0.717) is 5.69 Å². The average Bonchev–Trinajstić information content (AvgIpc) is 2.30. The molecule has 2 rings (SSSR count). The van der Waals surface area contributed by atoms with Crippen molar-refractivity contribution in [2.24, 2.45) is 0 Å². The van der Waals surface area contributed by atoms with Gasteiger partial charge in [0, 0.05) is 11.8 Å². The summed E-state index contributed by atoms with van der Waals surface area (Å²) in [6, 6.07) is 12.1. The van der Waals surface area contributed by atoms with E-state index < -0.39 is 0 Å². The molecule has 72 valence electrons. The molecule has 0 N–H and O–H groups in total. The molecule has 0 bridgehead atoms. The molecule has 0 atom stereocenters. The topological polar surface area (TPSA) is 12.9 Å². The summed E-state index contributed by atoms with van der Waals surface area (Å²) in [5.41, 5.74) is 4.22. The Morgan fingerprint density at radius 3 is 2.53 bits per heavy atom. The number of terminal acetylenes is 1. The molecule has 0 spiro atoms. The van der Waals surface area contributed by atoms with Crippen molar-refractivity contribution in [3.05, 3.63) is 53.9 Å². The fourth-order valence-corrected chi connectivity index (χ4v) is 1.54. The summed E-state index contributed by atoms with van der Waals surface area (Å²) in [7, 11) is 0. The molecule has 0 aliphatic carbocycles. The summed E-state index contributed by atoms with van der Waals surface area (Å²) in [5.74, 6) is 2.51. The number of aryl methyl sites for hydroxylation is 1. The Bertz CT molecular complexity index is 504. The van der Waals surface area contributed by atoms with Gasteiger partial charge in [0.1, 0.15) is 5.69 Å². The minimum absolute atomic E-state index is 0.673. The second kappa shape index (κ2) is 3.98. The summed E-state index contributed by atoms with van der Waals surface area (Å²) < 4.78 is 0. The average molecular weight is 193 g/mol. The van der Waals surface area contributed by atoms with Crippen LogP contribution in [0.5, 0.6) is 0 Å². The van der Waals surface area contributed by atoms with E-state index in [1.807, 2.05) is 30.5 Å². The maximum absolute atomic E-state index is 5.26. The monoisotopic (exact) mass is 193 g/mol. The number of rotatable bonds is 1. The largest absolute Gasteiger partial charge is 0.247 e. The molecule has 0 saturated heterocycles. The first-order valence-electron chi connectivity index (χ1n) is 4.80. The smallest absolute Gasteiger partial charge is 0.112 e. The highest BCUT2D eigenvalue weighted by Gasteiger charge is 2.00. The molecule has 0 aliphatic heterocycles. The molecule has 1 nitrogen and oxygen atoms in total. The lowest BCUT2D eigenvalue weighted by atomic mass is 10.0. The predicted octanol–water partition coefficient (Wildman–Crippen LogP) is 3.04. The molecule has 1 aromatic carbocycles. The molecule has 1 aromatic heterocycles. The molecule has 0 saturated carbocycles. The zero-order chi connectivity index (χ0) is 10.7. The van der Waals surface area contributed by atoms with Gasteiger partial charge in [-0.2, -0.15) is 0 Å². The van der Waals surface area contributed by atoms with Crippen molar-refractivity contribution in [3.8, 4) is 23.5 Å². The Labute approximate surface area is 89.8 Å². The third kappa shape index (κ3) is 1.89. The van der Waals surface area contributed by atoms with Crippen molar-refractivity contribution in [1.29, 1.82) is 0 Å². The van der Waals surface area contributed by atoms with Gasteiger partial charge < -0.3 is 0 Å². The lowest BCUT2D eigenvalue weighted by Crippen LogP contribution is -1.86. The van der Waals surface area contributed by atoms with Crippen molar-refractivity contribution in [1.82, 2.24) is 4.98 Å². The number of nitrogens with zero attached hydrogens (tertiary/aromatic N) is 1. The van der Waals surface area contributed by atoms with E-state index >= 15 is 0 Å². The van der Waals surface area contributed by atoms with Gasteiger partial charge in [-0.1, -0.05) is 36.3 Å². The Balaban J connectivity index is 2.47. The SMILES string of the molecule is C#Cc1ccc(-c2ccccc2C)cn1. The minimum Gasteiger partial charge on any atom is -0.247 e. The van der Waals surface area contributed by atoms with E-state index in [-0.39, 0.29) is 0 Å². The van der Waals surface area contributed by atoms with Crippen LogP contribution in [0.4, 0.5) is 0 Å². The van der Waals surface area contributed by atoms with Crippen LogP contribution in [0.15, 0.2) is 42.6 Å². The van der Waals surface area contributed by atoms with E-state index in [1.54, 1.807) is 0 Å². The first-order valence-corrected chi connectivity index (χ1v) is 4.80. The fourth-order valence-electron chi connectivity index (χ4n) is 1.54. The van der Waals surface area contributed by atoms with Gasteiger partial charge in [0.2, 0.25) is 0 Å². The van der Waals surface area contributed by atoms with E-state index in [1.165, 1.54) is 11.1 Å². The number of hydrogen-bond donors (Lipinski definition) is 0. The summed E-state index contributed by atoms with van der Waals surface area (Å²) in [5, 5.41) is 0. The van der Waals surface area contributed by atoms with Crippen molar-refractivity contribution < 1.29 is 0 Å². The summed E-state index contributed by atoms with van der Waals surface area (Å²) in [4.78, 5) is 4.18. The fraction of sp³-hybridized carbons (Fsp3) is 0.0714. The standard InChI is InChI=1S/C14H11N/c1-3-13-9-8-12(10-15-13)14-7-5-4-6-11(14)2/h1,4-10H,2H3. The van der Waals surface area contributed by atoms with E-state index in [2.05, 4.69) is 30.0 Å². The molecule has 0 amide bonds. The number of aromatic nitrogens is 1. The van der Waals surface area contributed by atoms with Gasteiger partial charge in [-0.05, 0) is 24.1 Å². The molecule has 0 fully saturated rings. The first kappa shape index (κ1) is 9.48. The highest BCUT2D eigenvalue weighted by Crippen LogP contribution is 2.21. The van der Waals surface area contributed by atoms with Crippen LogP contribution >= 0.6 is 0 Å². The zero-order valence-corrected chi connectivity index (χ0v) is 8.57. The summed E-state index contributed by atoms with van der Waals surface area (Å²) >= 11 is 0. The summed E-state index contributed by atoms with van der Waals surface area (Å²) in [6.45, 7) is 2.09. The molecule has 0 aliphatic rings. The van der Waals surface area contributed by atoms with E-state index in [9.17, 15) is 0 Å². The van der Waals surface area contributed by atoms with Crippen LogP contribution in [0.1, 0.15) is 11.3 Å². The van der Waals surface area contributed by atoms with Crippen LogP contribution in [-0.2, 0) is 0 Å².